The van der Waals surface area contributed by atoms with E-state index in [4.69, 9.17) is 0 Å². The van der Waals surface area contributed by atoms with Gasteiger partial charge in [-0.05, 0) is 50.4 Å². The highest BCUT2D eigenvalue weighted by Gasteiger charge is 2.24. The van der Waals surface area contributed by atoms with Crippen molar-refractivity contribution in [2.45, 2.75) is 39.3 Å². The topological polar surface area (TPSA) is 34.0 Å². The third-order valence-corrected chi connectivity index (χ3v) is 5.29. The molecule has 1 aliphatic heterocycles. The van der Waals surface area contributed by atoms with E-state index in [9.17, 15) is 0 Å². The van der Waals surface area contributed by atoms with Gasteiger partial charge in [-0.15, -0.1) is 0 Å². The molecule has 26 heavy (non-hydrogen) atoms. The Bertz CT molecular complexity index is 866. The molecule has 4 nitrogen and oxygen atoms in total. The van der Waals surface area contributed by atoms with Crippen LogP contribution < -0.4 is 0 Å². The van der Waals surface area contributed by atoms with Gasteiger partial charge in [-0.1, -0.05) is 29.8 Å². The molecule has 1 atom stereocenters. The molecule has 134 valence electrons. The number of pyridine rings is 1. The second-order valence-corrected chi connectivity index (χ2v) is 7.27. The van der Waals surface area contributed by atoms with Gasteiger partial charge in [0.1, 0.15) is 0 Å². The van der Waals surface area contributed by atoms with Crippen molar-refractivity contribution in [1.82, 2.24) is 19.7 Å². The van der Waals surface area contributed by atoms with Gasteiger partial charge in [-0.3, -0.25) is 14.6 Å². The highest BCUT2D eigenvalue weighted by atomic mass is 15.3. The maximum absolute atomic E-state index is 4.58. The van der Waals surface area contributed by atoms with Gasteiger partial charge in [0.2, 0.25) is 0 Å². The van der Waals surface area contributed by atoms with Crippen molar-refractivity contribution in [3.63, 3.8) is 0 Å². The van der Waals surface area contributed by atoms with Crippen LogP contribution in [0.1, 0.15) is 36.0 Å². The molecule has 1 unspecified atom stereocenters. The third kappa shape index (κ3) is 3.70. The standard InChI is InChI=1S/C22H26N4/c1-3-26-15-18(13-24-26)14-25-11-9-21(16-25)20-8-10-23-22(12-20)19-6-4-17(2)5-7-19/h4-8,10,12-13,15,21H,3,9,11,14,16H2,1-2H3. The van der Waals surface area contributed by atoms with Crippen LogP contribution in [0.15, 0.2) is 55.0 Å². The monoisotopic (exact) mass is 346 g/mol. The van der Waals surface area contributed by atoms with Gasteiger partial charge in [-0.2, -0.15) is 5.10 Å². The van der Waals surface area contributed by atoms with E-state index in [1.807, 2.05) is 17.1 Å². The van der Waals surface area contributed by atoms with E-state index >= 15 is 0 Å². The second kappa shape index (κ2) is 7.42. The van der Waals surface area contributed by atoms with Crippen LogP contribution in [0, 0.1) is 6.92 Å². The van der Waals surface area contributed by atoms with Gasteiger partial charge in [0.25, 0.3) is 0 Å². The fourth-order valence-electron chi connectivity index (χ4n) is 3.75. The molecule has 0 amide bonds. The summed E-state index contributed by atoms with van der Waals surface area (Å²) >= 11 is 0. The molecular weight excluding hydrogens is 320 g/mol. The number of hydrogen-bond acceptors (Lipinski definition) is 3. The average molecular weight is 346 g/mol. The lowest BCUT2D eigenvalue weighted by molar-refractivity contribution is 0.326. The van der Waals surface area contributed by atoms with Crippen LogP contribution in [0.3, 0.4) is 0 Å². The van der Waals surface area contributed by atoms with Crippen LogP contribution >= 0.6 is 0 Å². The van der Waals surface area contributed by atoms with Gasteiger partial charge in [0.15, 0.2) is 0 Å². The minimum absolute atomic E-state index is 0.586. The van der Waals surface area contributed by atoms with E-state index in [1.165, 1.54) is 28.7 Å². The van der Waals surface area contributed by atoms with Gasteiger partial charge < -0.3 is 0 Å². The first kappa shape index (κ1) is 17.0. The van der Waals surface area contributed by atoms with E-state index in [0.29, 0.717) is 5.92 Å². The van der Waals surface area contributed by atoms with Crippen molar-refractivity contribution >= 4 is 0 Å². The zero-order valence-electron chi connectivity index (χ0n) is 15.6. The van der Waals surface area contributed by atoms with Crippen molar-refractivity contribution in [2.24, 2.45) is 0 Å². The molecule has 1 saturated heterocycles. The summed E-state index contributed by atoms with van der Waals surface area (Å²) in [5, 5.41) is 4.39. The average Bonchev–Trinajstić information content (AvgIpc) is 3.32. The quantitative estimate of drug-likeness (QED) is 0.692. The molecule has 0 aliphatic carbocycles. The van der Waals surface area contributed by atoms with E-state index in [1.54, 1.807) is 0 Å². The highest BCUT2D eigenvalue weighted by Crippen LogP contribution is 2.30. The smallest absolute Gasteiger partial charge is 0.0704 e. The van der Waals surface area contributed by atoms with Crippen molar-refractivity contribution in [1.29, 1.82) is 0 Å². The molecule has 1 aromatic carbocycles. The second-order valence-electron chi connectivity index (χ2n) is 7.27. The summed E-state index contributed by atoms with van der Waals surface area (Å²) in [5.74, 6) is 0.586. The zero-order chi connectivity index (χ0) is 17.9. The minimum atomic E-state index is 0.586. The summed E-state index contributed by atoms with van der Waals surface area (Å²) in [7, 11) is 0. The fraction of sp³-hybridized carbons (Fsp3) is 0.364. The molecule has 0 N–H and O–H groups in total. The van der Waals surface area contributed by atoms with E-state index in [-0.39, 0.29) is 0 Å². The summed E-state index contributed by atoms with van der Waals surface area (Å²) in [6.45, 7) is 8.41. The molecule has 0 radical (unpaired) electrons. The molecule has 0 saturated carbocycles. The van der Waals surface area contributed by atoms with Crippen LogP contribution in [-0.2, 0) is 13.1 Å². The number of nitrogens with zero attached hydrogens (tertiary/aromatic N) is 4. The van der Waals surface area contributed by atoms with Crippen molar-refractivity contribution < 1.29 is 0 Å². The van der Waals surface area contributed by atoms with Crippen molar-refractivity contribution in [3.05, 3.63) is 71.7 Å². The maximum Gasteiger partial charge on any atom is 0.0704 e. The fourth-order valence-corrected chi connectivity index (χ4v) is 3.75. The molecule has 2 aromatic heterocycles. The number of hydrogen-bond donors (Lipinski definition) is 0. The summed E-state index contributed by atoms with van der Waals surface area (Å²) in [5.41, 5.74) is 6.26. The Morgan fingerprint density at radius 3 is 2.77 bits per heavy atom. The van der Waals surface area contributed by atoms with E-state index in [2.05, 4.69) is 71.4 Å². The number of likely N-dealkylation sites (tertiary alicyclic amines) is 1. The number of aryl methyl sites for hydroxylation is 2. The largest absolute Gasteiger partial charge is 0.298 e. The molecule has 1 aliphatic rings. The Kier molecular flexibility index (Phi) is 4.85. The molecule has 3 aromatic rings. The van der Waals surface area contributed by atoms with Gasteiger partial charge in [0, 0.05) is 43.2 Å². The first-order valence-electron chi connectivity index (χ1n) is 9.48. The summed E-state index contributed by atoms with van der Waals surface area (Å²) in [4.78, 5) is 7.12. The van der Waals surface area contributed by atoms with Gasteiger partial charge >= 0.3 is 0 Å². The normalized spacial score (nSPS) is 17.7. The number of aromatic nitrogens is 3. The Morgan fingerprint density at radius 2 is 2.00 bits per heavy atom. The lowest BCUT2D eigenvalue weighted by Crippen LogP contribution is -2.19. The lowest BCUT2D eigenvalue weighted by Gasteiger charge is -2.15. The van der Waals surface area contributed by atoms with Crippen LogP contribution in [-0.4, -0.2) is 32.8 Å². The van der Waals surface area contributed by atoms with Crippen molar-refractivity contribution in [3.8, 4) is 11.3 Å². The zero-order valence-corrected chi connectivity index (χ0v) is 15.6. The molecular formula is C22H26N4. The SMILES string of the molecule is CCn1cc(CN2CCC(c3ccnc(-c4ccc(C)cc4)c3)C2)cn1. The lowest BCUT2D eigenvalue weighted by atomic mass is 9.97. The van der Waals surface area contributed by atoms with E-state index in [0.717, 1.165) is 31.9 Å². The Balaban J connectivity index is 1.45. The Hall–Kier alpha value is -2.46. The van der Waals surface area contributed by atoms with Crippen LogP contribution in [0.4, 0.5) is 0 Å². The minimum Gasteiger partial charge on any atom is -0.298 e. The first-order valence-corrected chi connectivity index (χ1v) is 9.48. The first-order chi connectivity index (χ1) is 12.7. The summed E-state index contributed by atoms with van der Waals surface area (Å²) < 4.78 is 2.00. The number of rotatable bonds is 5. The van der Waals surface area contributed by atoms with Crippen LogP contribution in [0.2, 0.25) is 0 Å². The molecule has 0 bridgehead atoms. The molecule has 4 rings (SSSR count). The molecule has 1 fully saturated rings. The molecule has 3 heterocycles. The third-order valence-electron chi connectivity index (χ3n) is 5.29. The molecule has 4 heteroatoms. The predicted molar refractivity (Wildman–Crippen MR) is 105 cm³/mol. The van der Waals surface area contributed by atoms with Crippen LogP contribution in [0.25, 0.3) is 11.3 Å². The molecule has 0 spiro atoms. The van der Waals surface area contributed by atoms with Crippen LogP contribution in [0.5, 0.6) is 0 Å². The summed E-state index contributed by atoms with van der Waals surface area (Å²) in [6.07, 6.45) is 7.33. The van der Waals surface area contributed by atoms with Gasteiger partial charge in [0.05, 0.1) is 11.9 Å². The summed E-state index contributed by atoms with van der Waals surface area (Å²) in [6, 6.07) is 13.1. The van der Waals surface area contributed by atoms with Crippen molar-refractivity contribution in [2.75, 3.05) is 13.1 Å². The maximum atomic E-state index is 4.58. The highest BCUT2D eigenvalue weighted by molar-refractivity contribution is 5.60. The van der Waals surface area contributed by atoms with E-state index < -0.39 is 0 Å². The predicted octanol–water partition coefficient (Wildman–Crippen LogP) is 4.26. The Morgan fingerprint density at radius 1 is 1.15 bits per heavy atom. The number of benzene rings is 1. The van der Waals surface area contributed by atoms with Gasteiger partial charge in [-0.25, -0.2) is 0 Å². The Labute approximate surface area is 155 Å².